The molecule has 6 nitrogen and oxygen atoms in total. The molecule has 0 aromatic heterocycles. The number of hydrogen-bond acceptors (Lipinski definition) is 4. The summed E-state index contributed by atoms with van der Waals surface area (Å²) in [6.07, 6.45) is 0. The van der Waals surface area contributed by atoms with Gasteiger partial charge in [0.1, 0.15) is 5.75 Å². The second-order valence-corrected chi connectivity index (χ2v) is 5.35. The van der Waals surface area contributed by atoms with Crippen LogP contribution >= 0.6 is 12.2 Å². The number of anilines is 1. The average molecular weight is 344 g/mol. The van der Waals surface area contributed by atoms with Gasteiger partial charge in [-0.15, -0.1) is 0 Å². The standard InChI is InChI=1S/C17H16N2O4S/c1-10-5-3-4-6-12(10)15(20)19-17(24)18-13-9-11(16(21)22)7-8-14(13)23-2/h3-9H,1-2H3,(H,21,22)(H2,18,19,20,24). The average Bonchev–Trinajstić information content (AvgIpc) is 2.54. The lowest BCUT2D eigenvalue weighted by atomic mass is 10.1. The molecule has 0 aliphatic carbocycles. The predicted molar refractivity (Wildman–Crippen MR) is 94.8 cm³/mol. The second-order valence-electron chi connectivity index (χ2n) is 4.94. The van der Waals surface area contributed by atoms with Crippen LogP contribution in [-0.4, -0.2) is 29.2 Å². The number of thiocarbonyl (C=S) groups is 1. The number of carboxylic acids is 1. The van der Waals surface area contributed by atoms with E-state index >= 15 is 0 Å². The minimum absolute atomic E-state index is 0.0455. The van der Waals surface area contributed by atoms with Gasteiger partial charge in [0.05, 0.1) is 18.4 Å². The molecule has 0 saturated carbocycles. The van der Waals surface area contributed by atoms with E-state index in [1.807, 2.05) is 19.1 Å². The maximum absolute atomic E-state index is 12.2. The Bertz CT molecular complexity index is 805. The fourth-order valence-corrected chi connectivity index (χ4v) is 2.29. The molecule has 7 heteroatoms. The molecule has 0 aliphatic rings. The largest absolute Gasteiger partial charge is 0.495 e. The first-order valence-electron chi connectivity index (χ1n) is 7.01. The Morgan fingerprint density at radius 2 is 1.88 bits per heavy atom. The van der Waals surface area contributed by atoms with E-state index in [4.69, 9.17) is 22.1 Å². The minimum atomic E-state index is -1.07. The quantitative estimate of drug-likeness (QED) is 0.739. The maximum Gasteiger partial charge on any atom is 0.335 e. The first-order chi connectivity index (χ1) is 11.4. The summed E-state index contributed by atoms with van der Waals surface area (Å²) in [5, 5.41) is 14.5. The van der Waals surface area contributed by atoms with E-state index in [2.05, 4.69) is 10.6 Å². The van der Waals surface area contributed by atoms with Crippen molar-refractivity contribution in [2.45, 2.75) is 6.92 Å². The number of rotatable bonds is 4. The number of benzene rings is 2. The number of carbonyl (C=O) groups is 2. The first kappa shape index (κ1) is 17.4. The predicted octanol–water partition coefficient (Wildman–Crippen LogP) is 2.83. The highest BCUT2D eigenvalue weighted by Crippen LogP contribution is 2.25. The Morgan fingerprint density at radius 3 is 2.50 bits per heavy atom. The van der Waals surface area contributed by atoms with Crippen molar-refractivity contribution >= 4 is 34.9 Å². The van der Waals surface area contributed by atoms with Gasteiger partial charge in [0.25, 0.3) is 5.91 Å². The van der Waals surface area contributed by atoms with Crippen LogP contribution in [0.5, 0.6) is 5.75 Å². The second kappa shape index (κ2) is 7.56. The third-order valence-electron chi connectivity index (χ3n) is 3.31. The highest BCUT2D eigenvalue weighted by molar-refractivity contribution is 7.80. The lowest BCUT2D eigenvalue weighted by molar-refractivity contribution is 0.0696. The first-order valence-corrected chi connectivity index (χ1v) is 7.42. The normalized spacial score (nSPS) is 9.92. The van der Waals surface area contributed by atoms with Crippen molar-refractivity contribution in [2.75, 3.05) is 12.4 Å². The van der Waals surface area contributed by atoms with E-state index in [1.54, 1.807) is 12.1 Å². The molecule has 2 aromatic rings. The van der Waals surface area contributed by atoms with Crippen molar-refractivity contribution < 1.29 is 19.4 Å². The Kier molecular flexibility index (Phi) is 5.49. The van der Waals surface area contributed by atoms with E-state index < -0.39 is 5.97 Å². The van der Waals surface area contributed by atoms with Crippen molar-refractivity contribution in [3.63, 3.8) is 0 Å². The number of aryl methyl sites for hydroxylation is 1. The van der Waals surface area contributed by atoms with E-state index in [9.17, 15) is 9.59 Å². The van der Waals surface area contributed by atoms with Crippen molar-refractivity contribution in [2.24, 2.45) is 0 Å². The number of ether oxygens (including phenoxy) is 1. The number of methoxy groups -OCH3 is 1. The third kappa shape index (κ3) is 4.08. The van der Waals surface area contributed by atoms with Crippen LogP contribution in [0.2, 0.25) is 0 Å². The summed E-state index contributed by atoms with van der Waals surface area (Å²) in [4.78, 5) is 23.3. The van der Waals surface area contributed by atoms with Crippen LogP contribution in [0.4, 0.5) is 5.69 Å². The molecular weight excluding hydrogens is 328 g/mol. The van der Waals surface area contributed by atoms with Crippen LogP contribution in [0.1, 0.15) is 26.3 Å². The molecule has 0 saturated heterocycles. The van der Waals surface area contributed by atoms with Crippen molar-refractivity contribution in [3.8, 4) is 5.75 Å². The van der Waals surface area contributed by atoms with E-state index in [-0.39, 0.29) is 16.6 Å². The summed E-state index contributed by atoms with van der Waals surface area (Å²) in [7, 11) is 1.45. The van der Waals surface area contributed by atoms with Crippen molar-refractivity contribution in [3.05, 3.63) is 59.2 Å². The topological polar surface area (TPSA) is 87.7 Å². The van der Waals surface area contributed by atoms with Crippen molar-refractivity contribution in [1.82, 2.24) is 5.32 Å². The van der Waals surface area contributed by atoms with E-state index in [1.165, 1.54) is 25.3 Å². The van der Waals surface area contributed by atoms with Gasteiger partial charge in [-0.1, -0.05) is 18.2 Å². The summed E-state index contributed by atoms with van der Waals surface area (Å²) < 4.78 is 5.16. The molecule has 1 amide bonds. The van der Waals surface area contributed by atoms with Gasteiger partial charge >= 0.3 is 5.97 Å². The molecule has 2 aromatic carbocycles. The SMILES string of the molecule is COc1ccc(C(=O)O)cc1NC(=S)NC(=O)c1ccccc1C. The molecule has 0 aliphatic heterocycles. The van der Waals surface area contributed by atoms with Gasteiger partial charge in [0.2, 0.25) is 0 Å². The summed E-state index contributed by atoms with van der Waals surface area (Å²) in [5.41, 5.74) is 1.76. The maximum atomic E-state index is 12.2. The zero-order valence-electron chi connectivity index (χ0n) is 13.1. The Labute approximate surface area is 144 Å². The number of carboxylic acid groups (broad SMARTS) is 1. The summed E-state index contributed by atoms with van der Waals surface area (Å²) in [5.74, 6) is -1.01. The fourth-order valence-electron chi connectivity index (χ4n) is 2.09. The minimum Gasteiger partial charge on any atom is -0.495 e. The Morgan fingerprint density at radius 1 is 1.17 bits per heavy atom. The lowest BCUT2D eigenvalue weighted by Crippen LogP contribution is -2.34. The van der Waals surface area contributed by atoms with Crippen LogP contribution in [0, 0.1) is 6.92 Å². The number of amides is 1. The van der Waals surface area contributed by atoms with E-state index in [0.717, 1.165) is 5.56 Å². The van der Waals surface area contributed by atoms with Crippen LogP contribution in [0.25, 0.3) is 0 Å². The zero-order valence-corrected chi connectivity index (χ0v) is 13.9. The molecule has 124 valence electrons. The van der Waals surface area contributed by atoms with Crippen LogP contribution < -0.4 is 15.4 Å². The highest BCUT2D eigenvalue weighted by Gasteiger charge is 2.13. The van der Waals surface area contributed by atoms with Gasteiger partial charge in [-0.2, -0.15) is 0 Å². The highest BCUT2D eigenvalue weighted by atomic mass is 32.1. The molecule has 0 bridgehead atoms. The smallest absolute Gasteiger partial charge is 0.335 e. The Balaban J connectivity index is 2.15. The van der Waals surface area contributed by atoms with Crippen molar-refractivity contribution in [1.29, 1.82) is 0 Å². The van der Waals surface area contributed by atoms with E-state index in [0.29, 0.717) is 17.0 Å². The number of nitrogens with one attached hydrogen (secondary N) is 2. The zero-order chi connectivity index (χ0) is 17.7. The Hall–Kier alpha value is -2.93. The molecule has 0 spiro atoms. The molecule has 0 atom stereocenters. The molecule has 24 heavy (non-hydrogen) atoms. The van der Waals surface area contributed by atoms with Crippen LogP contribution in [0.15, 0.2) is 42.5 Å². The number of hydrogen-bond donors (Lipinski definition) is 3. The lowest BCUT2D eigenvalue weighted by Gasteiger charge is -2.14. The molecule has 2 rings (SSSR count). The van der Waals surface area contributed by atoms with Gasteiger partial charge in [-0.3, -0.25) is 10.1 Å². The third-order valence-corrected chi connectivity index (χ3v) is 3.52. The van der Waals surface area contributed by atoms with Gasteiger partial charge < -0.3 is 15.2 Å². The number of carbonyl (C=O) groups excluding carboxylic acids is 1. The fraction of sp³-hybridized carbons (Fsp3) is 0.118. The van der Waals surface area contributed by atoms with Crippen LogP contribution in [0.3, 0.4) is 0 Å². The molecule has 0 fully saturated rings. The molecule has 0 heterocycles. The molecular formula is C17H16N2O4S. The summed E-state index contributed by atoms with van der Waals surface area (Å²) >= 11 is 5.13. The van der Waals surface area contributed by atoms with Gasteiger partial charge in [-0.25, -0.2) is 4.79 Å². The van der Waals surface area contributed by atoms with Gasteiger partial charge in [0, 0.05) is 5.56 Å². The molecule has 0 unspecified atom stereocenters. The summed E-state index contributed by atoms with van der Waals surface area (Å²) in [6, 6.07) is 11.4. The monoisotopic (exact) mass is 344 g/mol. The van der Waals surface area contributed by atoms with Gasteiger partial charge in [0.15, 0.2) is 5.11 Å². The molecule has 3 N–H and O–H groups in total. The van der Waals surface area contributed by atoms with Crippen LogP contribution in [-0.2, 0) is 0 Å². The number of aromatic carboxylic acids is 1. The van der Waals surface area contributed by atoms with Gasteiger partial charge in [-0.05, 0) is 49.0 Å². The summed E-state index contributed by atoms with van der Waals surface area (Å²) in [6.45, 7) is 1.82. The molecule has 0 radical (unpaired) electrons.